The second kappa shape index (κ2) is 7.29. The van der Waals surface area contributed by atoms with Crippen molar-refractivity contribution in [1.29, 1.82) is 0 Å². The topological polar surface area (TPSA) is 77.2 Å². The number of ether oxygens (including phenoxy) is 1. The summed E-state index contributed by atoms with van der Waals surface area (Å²) in [4.78, 5) is 16.1. The van der Waals surface area contributed by atoms with Gasteiger partial charge in [-0.25, -0.2) is 9.78 Å². The highest BCUT2D eigenvalue weighted by Crippen LogP contribution is 2.30. The van der Waals surface area contributed by atoms with Gasteiger partial charge in [-0.2, -0.15) is 0 Å². The Labute approximate surface area is 126 Å². The number of anilines is 2. The summed E-state index contributed by atoms with van der Waals surface area (Å²) in [5.74, 6) is 0.976. The zero-order valence-corrected chi connectivity index (χ0v) is 12.9. The number of nitrogens with two attached hydrogens (primary N) is 1. The third-order valence-corrected chi connectivity index (χ3v) is 4.19. The first kappa shape index (κ1) is 15.6. The summed E-state index contributed by atoms with van der Waals surface area (Å²) in [7, 11) is 0. The normalized spacial score (nSPS) is 21.8. The SMILES string of the molecule is CCOC(=O)c1ccnc(NC2CCCC(CC)C2)c1N. The Kier molecular flexibility index (Phi) is 5.42. The van der Waals surface area contributed by atoms with Crippen LogP contribution in [-0.2, 0) is 4.74 Å². The van der Waals surface area contributed by atoms with Gasteiger partial charge in [0.05, 0.1) is 17.9 Å². The van der Waals surface area contributed by atoms with E-state index in [4.69, 9.17) is 10.5 Å². The third-order valence-electron chi connectivity index (χ3n) is 4.19. The maximum Gasteiger partial charge on any atom is 0.340 e. The van der Waals surface area contributed by atoms with Crippen molar-refractivity contribution in [2.75, 3.05) is 17.7 Å². The first-order valence-electron chi connectivity index (χ1n) is 7.83. The number of pyridine rings is 1. The summed E-state index contributed by atoms with van der Waals surface area (Å²) in [6.07, 6.45) is 7.62. The number of hydrogen-bond donors (Lipinski definition) is 2. The van der Waals surface area contributed by atoms with Crippen LogP contribution in [-0.4, -0.2) is 23.6 Å². The number of hydrogen-bond acceptors (Lipinski definition) is 5. The van der Waals surface area contributed by atoms with Crippen LogP contribution >= 0.6 is 0 Å². The van der Waals surface area contributed by atoms with Gasteiger partial charge in [-0.05, 0) is 31.7 Å². The van der Waals surface area contributed by atoms with E-state index in [1.54, 1.807) is 19.2 Å². The molecule has 1 aromatic rings. The van der Waals surface area contributed by atoms with Crippen LogP contribution in [0.4, 0.5) is 11.5 Å². The Morgan fingerprint density at radius 3 is 3.00 bits per heavy atom. The fraction of sp³-hybridized carbons (Fsp3) is 0.625. The van der Waals surface area contributed by atoms with E-state index in [0.717, 1.165) is 18.8 Å². The van der Waals surface area contributed by atoms with E-state index in [2.05, 4.69) is 17.2 Å². The van der Waals surface area contributed by atoms with E-state index >= 15 is 0 Å². The molecule has 0 saturated heterocycles. The van der Waals surface area contributed by atoms with Gasteiger partial charge < -0.3 is 15.8 Å². The summed E-state index contributed by atoms with van der Waals surface area (Å²) in [5, 5.41) is 3.41. The Morgan fingerprint density at radius 1 is 1.48 bits per heavy atom. The van der Waals surface area contributed by atoms with Gasteiger partial charge in [-0.3, -0.25) is 0 Å². The van der Waals surface area contributed by atoms with Crippen molar-refractivity contribution in [2.45, 2.75) is 52.0 Å². The number of rotatable bonds is 5. The molecule has 0 aromatic carbocycles. The van der Waals surface area contributed by atoms with Crippen molar-refractivity contribution in [2.24, 2.45) is 5.92 Å². The molecule has 116 valence electrons. The molecule has 0 spiro atoms. The fourth-order valence-corrected chi connectivity index (χ4v) is 2.96. The molecule has 2 unspecified atom stereocenters. The van der Waals surface area contributed by atoms with Crippen molar-refractivity contribution in [3.05, 3.63) is 17.8 Å². The van der Waals surface area contributed by atoms with Gasteiger partial charge >= 0.3 is 5.97 Å². The highest BCUT2D eigenvalue weighted by atomic mass is 16.5. The van der Waals surface area contributed by atoms with Crippen LogP contribution in [0.15, 0.2) is 12.3 Å². The molecule has 1 saturated carbocycles. The molecular formula is C16H25N3O2. The molecule has 2 rings (SSSR count). The van der Waals surface area contributed by atoms with Crippen LogP contribution in [0, 0.1) is 5.92 Å². The summed E-state index contributed by atoms with van der Waals surface area (Å²) >= 11 is 0. The predicted molar refractivity (Wildman–Crippen MR) is 84.3 cm³/mol. The molecule has 5 heteroatoms. The number of nitrogens with one attached hydrogen (secondary N) is 1. The van der Waals surface area contributed by atoms with Crippen molar-refractivity contribution >= 4 is 17.5 Å². The van der Waals surface area contributed by atoms with Crippen LogP contribution < -0.4 is 11.1 Å². The fourth-order valence-electron chi connectivity index (χ4n) is 2.96. The average molecular weight is 291 g/mol. The van der Waals surface area contributed by atoms with Crippen molar-refractivity contribution in [3.63, 3.8) is 0 Å². The first-order valence-corrected chi connectivity index (χ1v) is 7.83. The molecule has 1 aromatic heterocycles. The smallest absolute Gasteiger partial charge is 0.340 e. The highest BCUT2D eigenvalue weighted by molar-refractivity contribution is 5.97. The van der Waals surface area contributed by atoms with E-state index in [0.29, 0.717) is 29.7 Å². The largest absolute Gasteiger partial charge is 0.462 e. The average Bonchev–Trinajstić information content (AvgIpc) is 2.50. The lowest BCUT2D eigenvalue weighted by atomic mass is 9.84. The molecule has 1 aliphatic rings. The number of carbonyl (C=O) groups is 1. The molecule has 2 atom stereocenters. The predicted octanol–water partition coefficient (Wildman–Crippen LogP) is 3.22. The molecule has 21 heavy (non-hydrogen) atoms. The number of nitrogens with zero attached hydrogens (tertiary/aromatic N) is 1. The second-order valence-corrected chi connectivity index (χ2v) is 5.62. The van der Waals surface area contributed by atoms with Crippen LogP contribution in [0.5, 0.6) is 0 Å². The summed E-state index contributed by atoms with van der Waals surface area (Å²) in [5.41, 5.74) is 6.84. The standard InChI is InChI=1S/C16H25N3O2/c1-3-11-6-5-7-12(10-11)19-15-14(17)13(8-9-18-15)16(20)21-4-2/h8-9,11-12H,3-7,10,17H2,1-2H3,(H,18,19). The van der Waals surface area contributed by atoms with Gasteiger partial charge in [0, 0.05) is 12.2 Å². The maximum absolute atomic E-state index is 11.9. The monoisotopic (exact) mass is 291 g/mol. The van der Waals surface area contributed by atoms with Crippen LogP contribution in [0.1, 0.15) is 56.3 Å². The Hall–Kier alpha value is -1.78. The van der Waals surface area contributed by atoms with Crippen molar-refractivity contribution in [1.82, 2.24) is 4.98 Å². The van der Waals surface area contributed by atoms with Crippen LogP contribution in [0.25, 0.3) is 0 Å². The van der Waals surface area contributed by atoms with Gasteiger partial charge in [-0.1, -0.05) is 26.2 Å². The van der Waals surface area contributed by atoms with E-state index in [1.165, 1.54) is 19.3 Å². The van der Waals surface area contributed by atoms with Gasteiger partial charge in [0.1, 0.15) is 5.82 Å². The molecule has 0 aliphatic heterocycles. The Balaban J connectivity index is 2.09. The molecule has 0 radical (unpaired) electrons. The molecule has 1 aliphatic carbocycles. The van der Waals surface area contributed by atoms with Gasteiger partial charge in [0.15, 0.2) is 0 Å². The zero-order valence-electron chi connectivity index (χ0n) is 12.9. The van der Waals surface area contributed by atoms with E-state index < -0.39 is 5.97 Å². The lowest BCUT2D eigenvalue weighted by molar-refractivity contribution is 0.0527. The summed E-state index contributed by atoms with van der Waals surface area (Å²) in [6.45, 7) is 4.35. The molecular weight excluding hydrogens is 266 g/mol. The molecule has 3 N–H and O–H groups in total. The molecule has 1 heterocycles. The second-order valence-electron chi connectivity index (χ2n) is 5.62. The lowest BCUT2D eigenvalue weighted by Gasteiger charge is -2.29. The van der Waals surface area contributed by atoms with Gasteiger partial charge in [0.25, 0.3) is 0 Å². The van der Waals surface area contributed by atoms with Gasteiger partial charge in [0.2, 0.25) is 0 Å². The molecule has 0 amide bonds. The molecule has 0 bridgehead atoms. The summed E-state index contributed by atoms with van der Waals surface area (Å²) in [6, 6.07) is 1.99. The van der Waals surface area contributed by atoms with E-state index in [1.807, 2.05) is 0 Å². The number of carbonyl (C=O) groups excluding carboxylic acids is 1. The van der Waals surface area contributed by atoms with Gasteiger partial charge in [-0.15, -0.1) is 0 Å². The number of aromatic nitrogens is 1. The third kappa shape index (κ3) is 3.86. The lowest BCUT2D eigenvalue weighted by Crippen LogP contribution is -2.28. The van der Waals surface area contributed by atoms with Crippen molar-refractivity contribution < 1.29 is 9.53 Å². The minimum Gasteiger partial charge on any atom is -0.462 e. The number of nitrogen functional groups attached to an aromatic ring is 1. The minimum absolute atomic E-state index is 0.337. The Morgan fingerprint density at radius 2 is 2.29 bits per heavy atom. The minimum atomic E-state index is -0.393. The zero-order chi connectivity index (χ0) is 15.2. The summed E-state index contributed by atoms with van der Waals surface area (Å²) < 4.78 is 5.01. The Bertz CT molecular complexity index is 490. The maximum atomic E-state index is 11.9. The van der Waals surface area contributed by atoms with E-state index in [9.17, 15) is 4.79 Å². The first-order chi connectivity index (χ1) is 10.2. The highest BCUT2D eigenvalue weighted by Gasteiger charge is 2.22. The quantitative estimate of drug-likeness (QED) is 0.814. The van der Waals surface area contributed by atoms with Crippen molar-refractivity contribution in [3.8, 4) is 0 Å². The van der Waals surface area contributed by atoms with E-state index in [-0.39, 0.29) is 0 Å². The van der Waals surface area contributed by atoms with Crippen LogP contribution in [0.2, 0.25) is 0 Å². The van der Waals surface area contributed by atoms with Crippen LogP contribution in [0.3, 0.4) is 0 Å². The number of esters is 1. The molecule has 1 fully saturated rings. The molecule has 5 nitrogen and oxygen atoms in total.